The lowest BCUT2D eigenvalue weighted by molar-refractivity contribution is 0.0956. The van der Waals surface area contributed by atoms with Crippen molar-refractivity contribution in [3.8, 4) is 11.4 Å². The average Bonchev–Trinajstić information content (AvgIpc) is 3.15. The van der Waals surface area contributed by atoms with Crippen LogP contribution in [0.2, 0.25) is 10.0 Å². The molecule has 0 aliphatic carbocycles. The van der Waals surface area contributed by atoms with E-state index in [-0.39, 0.29) is 17.3 Å². The molecule has 9 heteroatoms. The maximum absolute atomic E-state index is 13.3. The summed E-state index contributed by atoms with van der Waals surface area (Å²) in [5.74, 6) is 0.673. The van der Waals surface area contributed by atoms with Gasteiger partial charge in [-0.15, -0.1) is 0 Å². The van der Waals surface area contributed by atoms with Gasteiger partial charge in [0, 0.05) is 6.54 Å². The van der Waals surface area contributed by atoms with Crippen LogP contribution in [0, 0.1) is 0 Å². The molecule has 3 aromatic carbocycles. The van der Waals surface area contributed by atoms with Crippen LogP contribution >= 0.6 is 23.2 Å². The highest BCUT2D eigenvalue weighted by Crippen LogP contribution is 2.33. The van der Waals surface area contributed by atoms with Crippen molar-refractivity contribution >= 4 is 57.1 Å². The zero-order valence-corrected chi connectivity index (χ0v) is 20.3. The summed E-state index contributed by atoms with van der Waals surface area (Å²) in [6.45, 7) is 0.422. The highest BCUT2D eigenvalue weighted by Gasteiger charge is 2.25. The number of halogens is 2. The molecule has 35 heavy (non-hydrogen) atoms. The van der Waals surface area contributed by atoms with E-state index in [4.69, 9.17) is 43.6 Å². The number of hydrogen-bond acceptors (Lipinski definition) is 5. The monoisotopic (exact) mass is 505 g/mol. The number of nitrogens with two attached hydrogens (primary N) is 1. The number of para-hydroxylation sites is 2. The van der Waals surface area contributed by atoms with E-state index in [2.05, 4.69) is 5.32 Å². The van der Waals surface area contributed by atoms with Gasteiger partial charge < -0.3 is 15.8 Å². The molecule has 0 unspecified atom stereocenters. The first-order valence-electron chi connectivity index (χ1n) is 10.9. The van der Waals surface area contributed by atoms with E-state index in [0.717, 1.165) is 11.3 Å². The van der Waals surface area contributed by atoms with Crippen LogP contribution in [0.5, 0.6) is 5.75 Å². The lowest BCUT2D eigenvalue weighted by Gasteiger charge is -2.09. The quantitative estimate of drug-likeness (QED) is 0.320. The normalized spacial score (nSPS) is 11.2. The van der Waals surface area contributed by atoms with Crippen molar-refractivity contribution in [1.82, 2.24) is 19.9 Å². The van der Waals surface area contributed by atoms with Crippen molar-refractivity contribution in [3.05, 3.63) is 87.9 Å². The van der Waals surface area contributed by atoms with Gasteiger partial charge in [0.25, 0.3) is 5.91 Å². The summed E-state index contributed by atoms with van der Waals surface area (Å²) in [6, 6.07) is 20.3. The van der Waals surface area contributed by atoms with Crippen LogP contribution in [-0.2, 0) is 6.42 Å². The largest absolute Gasteiger partial charge is 0.497 e. The van der Waals surface area contributed by atoms with E-state index in [9.17, 15) is 4.79 Å². The van der Waals surface area contributed by atoms with E-state index in [1.54, 1.807) is 29.9 Å². The fourth-order valence-corrected chi connectivity index (χ4v) is 4.26. The lowest BCUT2D eigenvalue weighted by Crippen LogP contribution is -2.26. The molecule has 0 aliphatic heterocycles. The van der Waals surface area contributed by atoms with Crippen LogP contribution in [0.4, 0.5) is 5.82 Å². The number of aromatic nitrogens is 3. The Morgan fingerprint density at radius 2 is 1.71 bits per heavy atom. The Morgan fingerprint density at radius 1 is 1.00 bits per heavy atom. The minimum atomic E-state index is -0.329. The third-order valence-corrected chi connectivity index (χ3v) is 6.48. The Kier molecular flexibility index (Phi) is 6.19. The number of nitrogen functional groups attached to an aromatic ring is 1. The number of anilines is 1. The first-order chi connectivity index (χ1) is 17.0. The van der Waals surface area contributed by atoms with Crippen molar-refractivity contribution in [2.75, 3.05) is 19.4 Å². The smallest absolute Gasteiger partial charge is 0.257 e. The van der Waals surface area contributed by atoms with Crippen LogP contribution in [0.15, 0.2) is 66.7 Å². The Labute approximate surface area is 211 Å². The molecular weight excluding hydrogens is 485 g/mol. The molecule has 0 saturated heterocycles. The summed E-state index contributed by atoms with van der Waals surface area (Å²) < 4.78 is 6.87. The molecule has 2 heterocycles. The van der Waals surface area contributed by atoms with E-state index >= 15 is 0 Å². The molecule has 0 radical (unpaired) electrons. The molecule has 2 aromatic heterocycles. The van der Waals surface area contributed by atoms with Gasteiger partial charge in [0.2, 0.25) is 0 Å². The molecule has 0 aliphatic rings. The fraction of sp³-hybridized carbons (Fsp3) is 0.115. The van der Waals surface area contributed by atoms with Crippen molar-refractivity contribution in [3.63, 3.8) is 0 Å². The first kappa shape index (κ1) is 23.0. The van der Waals surface area contributed by atoms with Crippen LogP contribution in [0.3, 0.4) is 0 Å². The van der Waals surface area contributed by atoms with Gasteiger partial charge in [-0.25, -0.2) is 9.97 Å². The van der Waals surface area contributed by atoms with Gasteiger partial charge in [-0.2, -0.15) is 0 Å². The third-order valence-electron chi connectivity index (χ3n) is 5.74. The number of benzene rings is 3. The Bertz CT molecular complexity index is 1560. The first-order valence-corrected chi connectivity index (χ1v) is 11.6. The molecule has 0 atom stereocenters. The fourth-order valence-electron chi connectivity index (χ4n) is 3.97. The number of amides is 1. The van der Waals surface area contributed by atoms with Crippen LogP contribution in [0.25, 0.3) is 27.9 Å². The minimum Gasteiger partial charge on any atom is -0.497 e. The number of carbonyl (C=O) groups excluding carboxylic acids is 1. The number of methoxy groups -OCH3 is 1. The van der Waals surface area contributed by atoms with Gasteiger partial charge in [0.05, 0.1) is 33.9 Å². The van der Waals surface area contributed by atoms with Gasteiger partial charge in [-0.1, -0.05) is 47.5 Å². The van der Waals surface area contributed by atoms with E-state index < -0.39 is 0 Å². The SMILES string of the molecule is COc1ccc(CCNC(=O)c2c(N)n(-c3ccc(Cl)c(Cl)c3)c3nc4ccccc4nc23)cc1. The van der Waals surface area contributed by atoms with Gasteiger partial charge in [0.1, 0.15) is 22.6 Å². The number of hydrogen-bond donors (Lipinski definition) is 2. The maximum Gasteiger partial charge on any atom is 0.257 e. The zero-order valence-electron chi connectivity index (χ0n) is 18.8. The maximum atomic E-state index is 13.3. The topological polar surface area (TPSA) is 95.1 Å². The molecule has 0 fully saturated rings. The van der Waals surface area contributed by atoms with Gasteiger partial charge in [0.15, 0.2) is 5.65 Å². The molecule has 5 rings (SSSR count). The second kappa shape index (κ2) is 9.44. The van der Waals surface area contributed by atoms with Gasteiger partial charge >= 0.3 is 0 Å². The Hall–Kier alpha value is -3.81. The van der Waals surface area contributed by atoms with Crippen LogP contribution in [-0.4, -0.2) is 34.1 Å². The number of rotatable bonds is 6. The molecular formula is C26H21Cl2N5O2. The predicted octanol–water partition coefficient (Wildman–Crippen LogP) is 5.44. The summed E-state index contributed by atoms with van der Waals surface area (Å²) in [6.07, 6.45) is 0.648. The second-order valence-corrected chi connectivity index (χ2v) is 8.75. The lowest BCUT2D eigenvalue weighted by atomic mass is 10.1. The summed E-state index contributed by atoms with van der Waals surface area (Å²) in [7, 11) is 1.63. The molecule has 7 nitrogen and oxygen atoms in total. The molecule has 0 bridgehead atoms. The Morgan fingerprint density at radius 3 is 2.40 bits per heavy atom. The molecule has 0 spiro atoms. The minimum absolute atomic E-state index is 0.218. The summed E-state index contributed by atoms with van der Waals surface area (Å²) in [5, 5.41) is 3.74. The number of nitrogens with one attached hydrogen (secondary N) is 1. The summed E-state index contributed by atoms with van der Waals surface area (Å²) >= 11 is 12.4. The van der Waals surface area contributed by atoms with Crippen LogP contribution in [0.1, 0.15) is 15.9 Å². The van der Waals surface area contributed by atoms with Crippen LogP contribution < -0.4 is 15.8 Å². The molecule has 1 amide bonds. The van der Waals surface area contributed by atoms with Crippen molar-refractivity contribution in [2.45, 2.75) is 6.42 Å². The van der Waals surface area contributed by atoms with Gasteiger partial charge in [-0.05, 0) is 54.4 Å². The average molecular weight is 506 g/mol. The van der Waals surface area contributed by atoms with Crippen molar-refractivity contribution in [2.24, 2.45) is 0 Å². The zero-order chi connectivity index (χ0) is 24.5. The van der Waals surface area contributed by atoms with Gasteiger partial charge in [-0.3, -0.25) is 9.36 Å². The predicted molar refractivity (Wildman–Crippen MR) is 140 cm³/mol. The summed E-state index contributed by atoms with van der Waals surface area (Å²) in [5.41, 5.74) is 10.7. The third kappa shape index (κ3) is 4.36. The van der Waals surface area contributed by atoms with Crippen molar-refractivity contribution < 1.29 is 9.53 Å². The summed E-state index contributed by atoms with van der Waals surface area (Å²) in [4.78, 5) is 22.8. The molecule has 3 N–H and O–H groups in total. The van der Waals surface area contributed by atoms with E-state index in [0.29, 0.717) is 50.9 Å². The number of fused-ring (bicyclic) bond motifs is 2. The number of nitrogens with zero attached hydrogens (tertiary/aromatic N) is 3. The highest BCUT2D eigenvalue weighted by atomic mass is 35.5. The molecule has 0 saturated carbocycles. The van der Waals surface area contributed by atoms with E-state index in [1.807, 2.05) is 48.5 Å². The standard InChI is InChI=1S/C26H21Cl2N5O2/c1-35-17-9-6-15(7-10-17)12-13-30-26(34)22-23-25(32-21-5-3-2-4-20(21)31-23)33(24(22)29)16-8-11-18(27)19(28)14-16/h2-11,14H,12-13,29H2,1H3,(H,30,34). The number of ether oxygens (including phenoxy) is 1. The second-order valence-electron chi connectivity index (χ2n) is 7.93. The highest BCUT2D eigenvalue weighted by molar-refractivity contribution is 6.42. The molecule has 176 valence electrons. The number of carbonyl (C=O) groups is 1. The molecule has 5 aromatic rings. The van der Waals surface area contributed by atoms with E-state index in [1.165, 1.54) is 0 Å². The van der Waals surface area contributed by atoms with Crippen molar-refractivity contribution in [1.29, 1.82) is 0 Å². The Balaban J connectivity index is 1.54.